The highest BCUT2D eigenvalue weighted by molar-refractivity contribution is 5.92. The minimum Gasteiger partial charge on any atom is -0.493 e. The fourth-order valence-electron chi connectivity index (χ4n) is 2.85. The summed E-state index contributed by atoms with van der Waals surface area (Å²) in [5, 5.41) is 12.7. The van der Waals surface area contributed by atoms with Crippen LogP contribution < -0.4 is 14.2 Å². The Morgan fingerprint density at radius 2 is 1.80 bits per heavy atom. The molecule has 1 aromatic rings. The van der Waals surface area contributed by atoms with Crippen molar-refractivity contribution >= 4 is 5.71 Å². The summed E-state index contributed by atoms with van der Waals surface area (Å²) in [7, 11) is 4.80. The Bertz CT molecular complexity index is 499. The van der Waals surface area contributed by atoms with Crippen molar-refractivity contribution in [3.63, 3.8) is 0 Å². The van der Waals surface area contributed by atoms with Crippen LogP contribution in [0.2, 0.25) is 0 Å². The molecule has 0 saturated heterocycles. The first-order valence-electron chi connectivity index (χ1n) is 6.76. The summed E-state index contributed by atoms with van der Waals surface area (Å²) < 4.78 is 16.2. The fourth-order valence-corrected chi connectivity index (χ4v) is 2.85. The predicted octanol–water partition coefficient (Wildman–Crippen LogP) is 3.20. The second-order valence-corrected chi connectivity index (χ2v) is 4.81. The number of ether oxygens (including phenoxy) is 3. The maximum atomic E-state index is 9.20. The lowest BCUT2D eigenvalue weighted by atomic mass is 9.82. The van der Waals surface area contributed by atoms with E-state index in [-0.39, 0.29) is 5.92 Å². The highest BCUT2D eigenvalue weighted by Crippen LogP contribution is 2.45. The molecule has 0 bridgehead atoms. The van der Waals surface area contributed by atoms with Gasteiger partial charge in [0.15, 0.2) is 11.5 Å². The zero-order chi connectivity index (χ0) is 14.5. The Morgan fingerprint density at radius 1 is 1.05 bits per heavy atom. The Hall–Kier alpha value is -1.91. The van der Waals surface area contributed by atoms with Crippen molar-refractivity contribution in [2.45, 2.75) is 31.6 Å². The van der Waals surface area contributed by atoms with Gasteiger partial charge in [0, 0.05) is 11.5 Å². The number of rotatable bonds is 4. The van der Waals surface area contributed by atoms with Crippen LogP contribution in [-0.4, -0.2) is 32.2 Å². The molecule has 2 rings (SSSR count). The van der Waals surface area contributed by atoms with Gasteiger partial charge in [0.2, 0.25) is 5.75 Å². The lowest BCUT2D eigenvalue weighted by molar-refractivity contribution is 0.310. The number of methoxy groups -OCH3 is 3. The van der Waals surface area contributed by atoms with Gasteiger partial charge in [-0.3, -0.25) is 0 Å². The van der Waals surface area contributed by atoms with Crippen LogP contribution in [0.3, 0.4) is 0 Å². The Labute approximate surface area is 119 Å². The number of hydrogen-bond donors (Lipinski definition) is 1. The third kappa shape index (κ3) is 2.53. The molecular formula is C15H21NO4. The van der Waals surface area contributed by atoms with Crippen molar-refractivity contribution in [1.29, 1.82) is 0 Å². The van der Waals surface area contributed by atoms with E-state index >= 15 is 0 Å². The molecule has 20 heavy (non-hydrogen) atoms. The first-order chi connectivity index (χ1) is 9.76. The van der Waals surface area contributed by atoms with Gasteiger partial charge in [-0.15, -0.1) is 0 Å². The maximum Gasteiger partial charge on any atom is 0.203 e. The summed E-state index contributed by atoms with van der Waals surface area (Å²) in [6.45, 7) is 0. The van der Waals surface area contributed by atoms with E-state index in [4.69, 9.17) is 14.2 Å². The van der Waals surface area contributed by atoms with Crippen molar-refractivity contribution < 1.29 is 19.4 Å². The molecule has 5 nitrogen and oxygen atoms in total. The molecule has 1 aliphatic rings. The van der Waals surface area contributed by atoms with Crippen molar-refractivity contribution in [2.24, 2.45) is 5.16 Å². The van der Waals surface area contributed by atoms with E-state index in [0.29, 0.717) is 17.2 Å². The third-order valence-corrected chi connectivity index (χ3v) is 3.82. The maximum absolute atomic E-state index is 9.20. The number of hydrogen-bond acceptors (Lipinski definition) is 5. The largest absolute Gasteiger partial charge is 0.493 e. The van der Waals surface area contributed by atoms with Gasteiger partial charge in [-0.25, -0.2) is 0 Å². The summed E-state index contributed by atoms with van der Waals surface area (Å²) in [4.78, 5) is 0. The van der Waals surface area contributed by atoms with E-state index in [2.05, 4.69) is 5.16 Å². The van der Waals surface area contributed by atoms with Gasteiger partial charge in [-0.2, -0.15) is 0 Å². The molecule has 0 aliphatic heterocycles. The minimum absolute atomic E-state index is 0.0727. The van der Waals surface area contributed by atoms with E-state index in [0.717, 1.165) is 37.0 Å². The van der Waals surface area contributed by atoms with Gasteiger partial charge in [-0.05, 0) is 25.3 Å². The van der Waals surface area contributed by atoms with Crippen molar-refractivity contribution in [3.05, 3.63) is 17.7 Å². The van der Waals surface area contributed by atoms with Crippen molar-refractivity contribution in [1.82, 2.24) is 0 Å². The van der Waals surface area contributed by atoms with Crippen LogP contribution in [0.4, 0.5) is 0 Å². The molecule has 5 heteroatoms. The van der Waals surface area contributed by atoms with Crippen LogP contribution in [0.25, 0.3) is 0 Å². The summed E-state index contributed by atoms with van der Waals surface area (Å²) in [5.74, 6) is 1.94. The van der Waals surface area contributed by atoms with Crippen LogP contribution in [0.15, 0.2) is 17.3 Å². The van der Waals surface area contributed by atoms with Gasteiger partial charge >= 0.3 is 0 Å². The average molecular weight is 279 g/mol. The molecule has 1 unspecified atom stereocenters. The number of benzene rings is 1. The molecule has 1 aromatic carbocycles. The van der Waals surface area contributed by atoms with Crippen molar-refractivity contribution in [2.75, 3.05) is 21.3 Å². The smallest absolute Gasteiger partial charge is 0.203 e. The van der Waals surface area contributed by atoms with Crippen LogP contribution in [0.1, 0.15) is 37.2 Å². The Kier molecular flexibility index (Phi) is 4.71. The van der Waals surface area contributed by atoms with E-state index in [1.807, 2.05) is 12.1 Å². The van der Waals surface area contributed by atoms with E-state index in [9.17, 15) is 5.21 Å². The first-order valence-corrected chi connectivity index (χ1v) is 6.76. The predicted molar refractivity (Wildman–Crippen MR) is 76.5 cm³/mol. The molecule has 1 N–H and O–H groups in total. The monoisotopic (exact) mass is 279 g/mol. The van der Waals surface area contributed by atoms with Crippen LogP contribution in [0.5, 0.6) is 17.2 Å². The molecule has 1 atom stereocenters. The van der Waals surface area contributed by atoms with Crippen LogP contribution in [0, 0.1) is 0 Å². The normalized spacial score (nSPS) is 20.8. The molecule has 0 aromatic heterocycles. The fraction of sp³-hybridized carbons (Fsp3) is 0.533. The second-order valence-electron chi connectivity index (χ2n) is 4.81. The van der Waals surface area contributed by atoms with E-state index in [1.54, 1.807) is 21.3 Å². The molecular weight excluding hydrogens is 258 g/mol. The first kappa shape index (κ1) is 14.5. The minimum atomic E-state index is 0.0727. The molecule has 1 saturated carbocycles. The van der Waals surface area contributed by atoms with Gasteiger partial charge in [0.25, 0.3) is 0 Å². The Morgan fingerprint density at radius 3 is 2.40 bits per heavy atom. The van der Waals surface area contributed by atoms with Crippen molar-refractivity contribution in [3.8, 4) is 17.2 Å². The van der Waals surface area contributed by atoms with Crippen LogP contribution >= 0.6 is 0 Å². The standard InChI is InChI=1S/C15H21NO4/c1-18-13-9-8-11(14(19-2)15(13)20-3)10-6-4-5-7-12(10)16-17/h8-10,17H,4-7H2,1-3H3/b16-12+. The summed E-state index contributed by atoms with van der Waals surface area (Å²) in [6.07, 6.45) is 3.94. The Balaban J connectivity index is 2.50. The SMILES string of the molecule is COc1ccc(C2CCCC/C2=N\O)c(OC)c1OC. The van der Waals surface area contributed by atoms with E-state index < -0.39 is 0 Å². The molecule has 0 radical (unpaired) electrons. The molecule has 0 spiro atoms. The van der Waals surface area contributed by atoms with E-state index in [1.165, 1.54) is 0 Å². The zero-order valence-corrected chi connectivity index (χ0v) is 12.2. The topological polar surface area (TPSA) is 60.3 Å². The quantitative estimate of drug-likeness (QED) is 0.679. The highest BCUT2D eigenvalue weighted by atomic mass is 16.5. The summed E-state index contributed by atoms with van der Waals surface area (Å²) in [5.41, 5.74) is 1.79. The summed E-state index contributed by atoms with van der Waals surface area (Å²) >= 11 is 0. The average Bonchev–Trinajstić information content (AvgIpc) is 2.53. The van der Waals surface area contributed by atoms with Gasteiger partial charge in [-0.1, -0.05) is 17.6 Å². The lowest BCUT2D eigenvalue weighted by Gasteiger charge is -2.26. The molecule has 1 fully saturated rings. The molecule has 1 aliphatic carbocycles. The number of nitrogens with zero attached hydrogens (tertiary/aromatic N) is 1. The number of oxime groups is 1. The van der Waals surface area contributed by atoms with Gasteiger partial charge < -0.3 is 19.4 Å². The molecule has 0 amide bonds. The molecule has 0 heterocycles. The lowest BCUT2D eigenvalue weighted by Crippen LogP contribution is -2.18. The summed E-state index contributed by atoms with van der Waals surface area (Å²) in [6, 6.07) is 3.82. The van der Waals surface area contributed by atoms with Crippen LogP contribution in [-0.2, 0) is 0 Å². The zero-order valence-electron chi connectivity index (χ0n) is 12.2. The van der Waals surface area contributed by atoms with Gasteiger partial charge in [0.1, 0.15) is 0 Å². The molecule has 110 valence electrons. The second kappa shape index (κ2) is 6.50. The third-order valence-electron chi connectivity index (χ3n) is 3.82. The highest BCUT2D eigenvalue weighted by Gasteiger charge is 2.28. The van der Waals surface area contributed by atoms with Gasteiger partial charge in [0.05, 0.1) is 27.0 Å².